The Labute approximate surface area is 111 Å². The molecule has 2 heteroatoms. The summed E-state index contributed by atoms with van der Waals surface area (Å²) < 4.78 is 0. The first-order valence-electron chi connectivity index (χ1n) is 7.12. The Morgan fingerprint density at radius 2 is 1.94 bits per heavy atom. The van der Waals surface area contributed by atoms with Crippen LogP contribution < -0.4 is 5.73 Å². The molecular formula is C16H26N2. The van der Waals surface area contributed by atoms with Crippen molar-refractivity contribution in [2.24, 2.45) is 17.6 Å². The zero-order valence-corrected chi connectivity index (χ0v) is 11.8. The van der Waals surface area contributed by atoms with Gasteiger partial charge in [-0.15, -0.1) is 0 Å². The molecule has 0 aliphatic carbocycles. The van der Waals surface area contributed by atoms with Crippen LogP contribution in [0.2, 0.25) is 0 Å². The molecule has 2 nitrogen and oxygen atoms in total. The normalized spacial score (nSPS) is 28.2. The molecule has 2 N–H and O–H groups in total. The molecule has 0 amide bonds. The van der Waals surface area contributed by atoms with Crippen LogP contribution in [0.3, 0.4) is 0 Å². The SMILES string of the molecule is CC1CC(C)N(CC(C)C(N)c2ccccc2)C1. The maximum absolute atomic E-state index is 6.37. The lowest BCUT2D eigenvalue weighted by Crippen LogP contribution is -2.35. The molecule has 4 atom stereocenters. The van der Waals surface area contributed by atoms with Crippen molar-refractivity contribution in [2.75, 3.05) is 13.1 Å². The fourth-order valence-electron chi connectivity index (χ4n) is 3.13. The number of nitrogens with zero attached hydrogens (tertiary/aromatic N) is 1. The minimum Gasteiger partial charge on any atom is -0.324 e. The minimum atomic E-state index is 0.148. The summed E-state index contributed by atoms with van der Waals surface area (Å²) >= 11 is 0. The van der Waals surface area contributed by atoms with Gasteiger partial charge < -0.3 is 10.6 Å². The molecule has 0 aromatic heterocycles. The van der Waals surface area contributed by atoms with Gasteiger partial charge in [-0.05, 0) is 30.7 Å². The lowest BCUT2D eigenvalue weighted by Gasteiger charge is -2.28. The molecule has 1 aliphatic rings. The van der Waals surface area contributed by atoms with Gasteiger partial charge in [0.1, 0.15) is 0 Å². The van der Waals surface area contributed by atoms with E-state index in [0.29, 0.717) is 12.0 Å². The van der Waals surface area contributed by atoms with Crippen molar-refractivity contribution in [3.8, 4) is 0 Å². The Hall–Kier alpha value is -0.860. The summed E-state index contributed by atoms with van der Waals surface area (Å²) in [4.78, 5) is 2.60. The number of nitrogens with two attached hydrogens (primary N) is 1. The van der Waals surface area contributed by atoms with Crippen LogP contribution in [0.25, 0.3) is 0 Å². The van der Waals surface area contributed by atoms with Gasteiger partial charge >= 0.3 is 0 Å². The second-order valence-corrected chi connectivity index (χ2v) is 6.06. The highest BCUT2D eigenvalue weighted by molar-refractivity contribution is 5.19. The molecule has 18 heavy (non-hydrogen) atoms. The molecule has 2 rings (SSSR count). The minimum absolute atomic E-state index is 0.148. The van der Waals surface area contributed by atoms with Crippen molar-refractivity contribution in [1.82, 2.24) is 4.90 Å². The van der Waals surface area contributed by atoms with E-state index in [0.717, 1.165) is 12.5 Å². The van der Waals surface area contributed by atoms with E-state index in [1.807, 2.05) is 6.07 Å². The highest BCUT2D eigenvalue weighted by Crippen LogP contribution is 2.26. The second-order valence-electron chi connectivity index (χ2n) is 6.06. The Kier molecular flexibility index (Phi) is 4.41. The summed E-state index contributed by atoms with van der Waals surface area (Å²) in [6.45, 7) is 9.30. The summed E-state index contributed by atoms with van der Waals surface area (Å²) in [7, 11) is 0. The largest absolute Gasteiger partial charge is 0.324 e. The van der Waals surface area contributed by atoms with Crippen molar-refractivity contribution in [2.45, 2.75) is 39.3 Å². The topological polar surface area (TPSA) is 29.3 Å². The van der Waals surface area contributed by atoms with E-state index in [1.54, 1.807) is 0 Å². The van der Waals surface area contributed by atoms with Crippen molar-refractivity contribution in [1.29, 1.82) is 0 Å². The predicted octanol–water partition coefficient (Wildman–Crippen LogP) is 3.05. The van der Waals surface area contributed by atoms with Gasteiger partial charge in [0.25, 0.3) is 0 Å². The van der Waals surface area contributed by atoms with Crippen molar-refractivity contribution >= 4 is 0 Å². The molecule has 0 saturated carbocycles. The monoisotopic (exact) mass is 246 g/mol. The van der Waals surface area contributed by atoms with Gasteiger partial charge in [-0.2, -0.15) is 0 Å². The molecule has 100 valence electrons. The van der Waals surface area contributed by atoms with Gasteiger partial charge in [0, 0.05) is 25.2 Å². The third-order valence-corrected chi connectivity index (χ3v) is 4.23. The molecule has 0 bridgehead atoms. The average Bonchev–Trinajstić information content (AvgIpc) is 2.68. The molecule has 1 fully saturated rings. The molecule has 1 aromatic carbocycles. The number of likely N-dealkylation sites (tertiary alicyclic amines) is 1. The van der Waals surface area contributed by atoms with E-state index in [1.165, 1.54) is 18.5 Å². The van der Waals surface area contributed by atoms with Gasteiger partial charge in [-0.25, -0.2) is 0 Å². The van der Waals surface area contributed by atoms with E-state index in [9.17, 15) is 0 Å². The zero-order valence-electron chi connectivity index (χ0n) is 11.8. The standard InChI is InChI=1S/C16H26N2/c1-12-9-14(3)18(10-12)11-13(2)16(17)15-7-5-4-6-8-15/h4-8,12-14,16H,9-11,17H2,1-3H3. The van der Waals surface area contributed by atoms with Crippen molar-refractivity contribution in [3.63, 3.8) is 0 Å². The molecule has 1 aromatic rings. The van der Waals surface area contributed by atoms with Crippen LogP contribution in [0.4, 0.5) is 0 Å². The van der Waals surface area contributed by atoms with Crippen LogP contribution in [0.1, 0.15) is 38.8 Å². The molecule has 0 radical (unpaired) electrons. The van der Waals surface area contributed by atoms with Crippen LogP contribution in [-0.2, 0) is 0 Å². The first-order chi connectivity index (χ1) is 8.58. The van der Waals surface area contributed by atoms with Gasteiger partial charge in [-0.3, -0.25) is 0 Å². The summed E-state index contributed by atoms with van der Waals surface area (Å²) in [5, 5.41) is 0. The summed E-state index contributed by atoms with van der Waals surface area (Å²) in [6.07, 6.45) is 1.33. The van der Waals surface area contributed by atoms with Crippen molar-refractivity contribution < 1.29 is 0 Å². The molecule has 0 spiro atoms. The Morgan fingerprint density at radius 3 is 2.50 bits per heavy atom. The van der Waals surface area contributed by atoms with Gasteiger partial charge in [0.05, 0.1) is 0 Å². The maximum atomic E-state index is 6.37. The van der Waals surface area contributed by atoms with Crippen molar-refractivity contribution in [3.05, 3.63) is 35.9 Å². The van der Waals surface area contributed by atoms with Crippen LogP contribution in [0.15, 0.2) is 30.3 Å². The Morgan fingerprint density at radius 1 is 1.28 bits per heavy atom. The molecule has 1 saturated heterocycles. The number of hydrogen-bond donors (Lipinski definition) is 1. The average molecular weight is 246 g/mol. The van der Waals surface area contributed by atoms with Gasteiger partial charge in [-0.1, -0.05) is 44.2 Å². The van der Waals surface area contributed by atoms with Gasteiger partial charge in [0.2, 0.25) is 0 Å². The third-order valence-electron chi connectivity index (χ3n) is 4.23. The molecular weight excluding hydrogens is 220 g/mol. The van der Waals surface area contributed by atoms with E-state index in [2.05, 4.69) is 49.9 Å². The maximum Gasteiger partial charge on any atom is 0.0333 e. The predicted molar refractivity (Wildman–Crippen MR) is 77.4 cm³/mol. The summed E-state index contributed by atoms with van der Waals surface area (Å²) in [5.41, 5.74) is 7.62. The highest BCUT2D eigenvalue weighted by Gasteiger charge is 2.28. The summed E-state index contributed by atoms with van der Waals surface area (Å²) in [6, 6.07) is 11.3. The fourth-order valence-corrected chi connectivity index (χ4v) is 3.13. The molecule has 1 heterocycles. The van der Waals surface area contributed by atoms with E-state index >= 15 is 0 Å². The first-order valence-corrected chi connectivity index (χ1v) is 7.12. The van der Waals surface area contributed by atoms with E-state index in [4.69, 9.17) is 5.73 Å². The van der Waals surface area contributed by atoms with Crippen LogP contribution in [0, 0.1) is 11.8 Å². The Balaban J connectivity index is 1.94. The molecule has 4 unspecified atom stereocenters. The van der Waals surface area contributed by atoms with Crippen LogP contribution >= 0.6 is 0 Å². The van der Waals surface area contributed by atoms with Crippen LogP contribution in [-0.4, -0.2) is 24.0 Å². The third kappa shape index (κ3) is 3.12. The smallest absolute Gasteiger partial charge is 0.0333 e. The first kappa shape index (κ1) is 13.6. The van der Waals surface area contributed by atoms with Crippen LogP contribution in [0.5, 0.6) is 0 Å². The summed E-state index contributed by atoms with van der Waals surface area (Å²) in [5.74, 6) is 1.33. The quantitative estimate of drug-likeness (QED) is 0.884. The highest BCUT2D eigenvalue weighted by atomic mass is 15.2. The molecule has 1 aliphatic heterocycles. The van der Waals surface area contributed by atoms with Gasteiger partial charge in [0.15, 0.2) is 0 Å². The van der Waals surface area contributed by atoms with E-state index < -0.39 is 0 Å². The lowest BCUT2D eigenvalue weighted by atomic mass is 9.95. The fraction of sp³-hybridized carbons (Fsp3) is 0.625. The lowest BCUT2D eigenvalue weighted by molar-refractivity contribution is 0.214. The zero-order chi connectivity index (χ0) is 13.1. The number of hydrogen-bond acceptors (Lipinski definition) is 2. The number of rotatable bonds is 4. The van der Waals surface area contributed by atoms with E-state index in [-0.39, 0.29) is 6.04 Å². The number of benzene rings is 1. The Bertz CT molecular complexity index is 363. The second kappa shape index (κ2) is 5.85.